The third-order valence-electron chi connectivity index (χ3n) is 2.31. The number of nitrogens with zero attached hydrogens (tertiary/aromatic N) is 1. The molecule has 1 aromatic heterocycles. The molecule has 1 aromatic carbocycles. The maximum Gasteiger partial charge on any atom is 0.149 e. The van der Waals surface area contributed by atoms with Crippen LogP contribution in [0.3, 0.4) is 0 Å². The molecule has 0 bridgehead atoms. The van der Waals surface area contributed by atoms with Crippen LogP contribution in [0, 0.1) is 11.6 Å². The van der Waals surface area contributed by atoms with Crippen molar-refractivity contribution in [2.24, 2.45) is 0 Å². The number of anilines is 1. The van der Waals surface area contributed by atoms with Gasteiger partial charge in [0.15, 0.2) is 0 Å². The lowest BCUT2D eigenvalue weighted by Gasteiger charge is -2.14. The van der Waals surface area contributed by atoms with Gasteiger partial charge in [0.25, 0.3) is 0 Å². The average Bonchev–Trinajstić information content (AvgIpc) is 2.76. The van der Waals surface area contributed by atoms with E-state index in [1.54, 1.807) is 19.2 Å². The van der Waals surface area contributed by atoms with Gasteiger partial charge in [-0.1, -0.05) is 6.07 Å². The molecule has 84 valence electrons. The highest BCUT2D eigenvalue weighted by Gasteiger charge is 2.12. The number of rotatable bonds is 3. The molecule has 0 aliphatic rings. The summed E-state index contributed by atoms with van der Waals surface area (Å²) in [5.74, 6) is -1.21. The first-order chi connectivity index (χ1) is 7.68. The number of para-hydroxylation sites is 1. The first kappa shape index (κ1) is 10.6. The van der Waals surface area contributed by atoms with Crippen LogP contribution >= 0.6 is 0 Å². The molecule has 0 spiro atoms. The Morgan fingerprint density at radius 1 is 1.25 bits per heavy atom. The van der Waals surface area contributed by atoms with E-state index in [9.17, 15) is 8.78 Å². The molecule has 3 nitrogen and oxygen atoms in total. The number of H-pyrrole nitrogens is 1. The third-order valence-corrected chi connectivity index (χ3v) is 2.31. The van der Waals surface area contributed by atoms with E-state index in [-0.39, 0.29) is 11.7 Å². The van der Waals surface area contributed by atoms with E-state index in [1.165, 1.54) is 18.2 Å². The summed E-state index contributed by atoms with van der Waals surface area (Å²) in [6, 6.07) is 5.26. The van der Waals surface area contributed by atoms with Crippen LogP contribution in [-0.4, -0.2) is 10.2 Å². The van der Waals surface area contributed by atoms with E-state index >= 15 is 0 Å². The molecule has 2 N–H and O–H groups in total. The van der Waals surface area contributed by atoms with Gasteiger partial charge in [0.05, 0.1) is 11.7 Å². The standard InChI is InChI=1S/C11H11F2N3/c1-7(10-5-6-14-16-10)15-11-8(12)3-2-4-9(11)13/h2-7,15H,1H3,(H,14,16). The molecule has 0 aliphatic carbocycles. The molecular weight excluding hydrogens is 212 g/mol. The van der Waals surface area contributed by atoms with Gasteiger partial charge in [-0.3, -0.25) is 5.10 Å². The van der Waals surface area contributed by atoms with Gasteiger partial charge in [0.2, 0.25) is 0 Å². The first-order valence-corrected chi connectivity index (χ1v) is 4.88. The zero-order valence-corrected chi connectivity index (χ0v) is 8.67. The van der Waals surface area contributed by atoms with Gasteiger partial charge >= 0.3 is 0 Å². The van der Waals surface area contributed by atoms with E-state index in [1.807, 2.05) is 0 Å². The Morgan fingerprint density at radius 3 is 2.50 bits per heavy atom. The zero-order chi connectivity index (χ0) is 11.5. The lowest BCUT2D eigenvalue weighted by molar-refractivity contribution is 0.584. The van der Waals surface area contributed by atoms with Crippen molar-refractivity contribution in [1.82, 2.24) is 10.2 Å². The lowest BCUT2D eigenvalue weighted by Crippen LogP contribution is -2.10. The van der Waals surface area contributed by atoms with Crippen LogP contribution in [0.25, 0.3) is 0 Å². The second kappa shape index (κ2) is 4.30. The fraction of sp³-hybridized carbons (Fsp3) is 0.182. The lowest BCUT2D eigenvalue weighted by atomic mass is 10.2. The molecule has 0 fully saturated rings. The van der Waals surface area contributed by atoms with Gasteiger partial charge in [-0.05, 0) is 25.1 Å². The number of hydrogen-bond acceptors (Lipinski definition) is 2. The number of aromatic nitrogens is 2. The van der Waals surface area contributed by atoms with Gasteiger partial charge in [-0.15, -0.1) is 0 Å². The Hall–Kier alpha value is -1.91. The molecule has 2 rings (SSSR count). The Bertz CT molecular complexity index is 448. The fourth-order valence-electron chi connectivity index (χ4n) is 1.44. The highest BCUT2D eigenvalue weighted by molar-refractivity contribution is 5.47. The largest absolute Gasteiger partial charge is 0.372 e. The van der Waals surface area contributed by atoms with Crippen LogP contribution in [-0.2, 0) is 0 Å². The summed E-state index contributed by atoms with van der Waals surface area (Å²) in [6.07, 6.45) is 1.59. The van der Waals surface area contributed by atoms with Gasteiger partial charge < -0.3 is 5.32 Å². The second-order valence-corrected chi connectivity index (χ2v) is 3.47. The maximum atomic E-state index is 13.3. The van der Waals surface area contributed by atoms with E-state index in [0.717, 1.165) is 5.69 Å². The Balaban J connectivity index is 2.21. The van der Waals surface area contributed by atoms with Crippen LogP contribution < -0.4 is 5.32 Å². The summed E-state index contributed by atoms with van der Waals surface area (Å²) in [5.41, 5.74) is 0.646. The number of hydrogen-bond donors (Lipinski definition) is 2. The number of halogens is 2. The summed E-state index contributed by atoms with van der Waals surface area (Å²) in [4.78, 5) is 0. The smallest absolute Gasteiger partial charge is 0.149 e. The van der Waals surface area contributed by atoms with Crippen molar-refractivity contribution in [2.45, 2.75) is 13.0 Å². The molecule has 16 heavy (non-hydrogen) atoms. The maximum absolute atomic E-state index is 13.3. The van der Waals surface area contributed by atoms with Crippen LogP contribution in [0.2, 0.25) is 0 Å². The highest BCUT2D eigenvalue weighted by atomic mass is 19.1. The summed E-state index contributed by atoms with van der Waals surface area (Å²) < 4.78 is 26.6. The van der Waals surface area contributed by atoms with E-state index in [4.69, 9.17) is 0 Å². The molecule has 0 aliphatic heterocycles. The molecular formula is C11H11F2N3. The van der Waals surface area contributed by atoms with Crippen molar-refractivity contribution in [1.29, 1.82) is 0 Å². The van der Waals surface area contributed by atoms with Crippen molar-refractivity contribution in [2.75, 3.05) is 5.32 Å². The monoisotopic (exact) mass is 223 g/mol. The topological polar surface area (TPSA) is 40.7 Å². The number of aromatic amines is 1. The van der Waals surface area contributed by atoms with Gasteiger partial charge in [-0.2, -0.15) is 5.10 Å². The Morgan fingerprint density at radius 2 is 1.94 bits per heavy atom. The Kier molecular flexibility index (Phi) is 2.85. The molecule has 0 radical (unpaired) electrons. The highest BCUT2D eigenvalue weighted by Crippen LogP contribution is 2.23. The van der Waals surface area contributed by atoms with Gasteiger partial charge in [-0.25, -0.2) is 8.78 Å². The summed E-state index contributed by atoms with van der Waals surface area (Å²) in [7, 11) is 0. The fourth-order valence-corrected chi connectivity index (χ4v) is 1.44. The molecule has 0 saturated carbocycles. The molecule has 5 heteroatoms. The minimum absolute atomic E-state index is 0.121. The summed E-state index contributed by atoms with van der Waals surface area (Å²) in [5, 5.41) is 9.28. The average molecular weight is 223 g/mol. The Labute approximate surface area is 91.5 Å². The predicted octanol–water partition coefficient (Wildman–Crippen LogP) is 2.86. The van der Waals surface area contributed by atoms with Crippen molar-refractivity contribution in [3.63, 3.8) is 0 Å². The summed E-state index contributed by atoms with van der Waals surface area (Å²) >= 11 is 0. The van der Waals surface area contributed by atoms with Gasteiger partial charge in [0, 0.05) is 6.20 Å². The predicted molar refractivity (Wildman–Crippen MR) is 57.0 cm³/mol. The van der Waals surface area contributed by atoms with Crippen molar-refractivity contribution >= 4 is 5.69 Å². The second-order valence-electron chi connectivity index (χ2n) is 3.47. The quantitative estimate of drug-likeness (QED) is 0.840. The number of nitrogens with one attached hydrogen (secondary N) is 2. The van der Waals surface area contributed by atoms with Crippen molar-refractivity contribution in [3.8, 4) is 0 Å². The molecule has 1 unspecified atom stereocenters. The molecule has 2 aromatic rings. The third kappa shape index (κ3) is 2.03. The molecule has 1 heterocycles. The van der Waals surface area contributed by atoms with Crippen LogP contribution in [0.4, 0.5) is 14.5 Å². The molecule has 1 atom stereocenters. The van der Waals surface area contributed by atoms with Crippen molar-refractivity contribution < 1.29 is 8.78 Å². The van der Waals surface area contributed by atoms with Crippen LogP contribution in [0.5, 0.6) is 0 Å². The zero-order valence-electron chi connectivity index (χ0n) is 8.67. The van der Waals surface area contributed by atoms with Crippen LogP contribution in [0.15, 0.2) is 30.5 Å². The minimum Gasteiger partial charge on any atom is -0.372 e. The molecule has 0 saturated heterocycles. The van der Waals surface area contributed by atoms with Gasteiger partial charge in [0.1, 0.15) is 17.3 Å². The molecule has 0 amide bonds. The SMILES string of the molecule is CC(Nc1c(F)cccc1F)c1ccn[nH]1. The first-order valence-electron chi connectivity index (χ1n) is 4.88. The van der Waals surface area contributed by atoms with E-state index in [0.29, 0.717) is 0 Å². The van der Waals surface area contributed by atoms with Crippen molar-refractivity contribution in [3.05, 3.63) is 47.8 Å². The minimum atomic E-state index is -0.605. The number of benzene rings is 1. The summed E-state index contributed by atoms with van der Waals surface area (Å²) in [6.45, 7) is 1.79. The van der Waals surface area contributed by atoms with Crippen LogP contribution in [0.1, 0.15) is 18.7 Å². The van der Waals surface area contributed by atoms with E-state index < -0.39 is 11.6 Å². The van der Waals surface area contributed by atoms with E-state index in [2.05, 4.69) is 15.5 Å². The normalized spacial score (nSPS) is 12.4.